The molecule has 0 bridgehead atoms. The molecule has 0 unspecified atom stereocenters. The minimum Gasteiger partial charge on any atom is -0.354 e. The molecule has 6 heteroatoms. The number of hydrogen-bond acceptors (Lipinski definition) is 2. The summed E-state index contributed by atoms with van der Waals surface area (Å²) < 4.78 is 39.6. The first-order chi connectivity index (χ1) is 10.4. The summed E-state index contributed by atoms with van der Waals surface area (Å²) in [5.41, 5.74) is 1.66. The summed E-state index contributed by atoms with van der Waals surface area (Å²) in [6.45, 7) is 0. The molecule has 114 valence electrons. The van der Waals surface area contributed by atoms with Crippen molar-refractivity contribution >= 4 is 20.9 Å². The molecule has 22 heavy (non-hydrogen) atoms. The lowest BCUT2D eigenvalue weighted by atomic mass is 10.1. The van der Waals surface area contributed by atoms with Crippen molar-refractivity contribution in [3.63, 3.8) is 0 Å². The molecule has 1 N–H and O–H groups in total. The fourth-order valence-electron chi connectivity index (χ4n) is 2.30. The van der Waals surface area contributed by atoms with E-state index in [4.69, 9.17) is 0 Å². The number of halogens is 1. The minimum absolute atomic E-state index is 0.0626. The summed E-state index contributed by atoms with van der Waals surface area (Å²) in [5.74, 6) is -0.468. The molecule has 0 spiro atoms. The number of sulfonamides is 1. The van der Waals surface area contributed by atoms with Gasteiger partial charge in [0, 0.05) is 36.3 Å². The zero-order chi connectivity index (χ0) is 15.9. The molecule has 0 fully saturated rings. The third kappa shape index (κ3) is 2.40. The van der Waals surface area contributed by atoms with Gasteiger partial charge in [-0.1, -0.05) is 18.2 Å². The van der Waals surface area contributed by atoms with E-state index in [1.165, 1.54) is 32.3 Å². The summed E-state index contributed by atoms with van der Waals surface area (Å²) in [5, 5.41) is 0.942. The lowest BCUT2D eigenvalue weighted by Gasteiger charge is -2.12. The molecule has 0 saturated carbocycles. The van der Waals surface area contributed by atoms with Crippen LogP contribution in [0.4, 0.5) is 4.39 Å². The van der Waals surface area contributed by atoms with Crippen LogP contribution in [0.2, 0.25) is 0 Å². The minimum atomic E-state index is -3.60. The monoisotopic (exact) mass is 318 g/mol. The number of H-pyrrole nitrogens is 1. The molecule has 3 aromatic rings. The number of fused-ring (bicyclic) bond motifs is 1. The van der Waals surface area contributed by atoms with Crippen molar-refractivity contribution in [2.45, 2.75) is 4.90 Å². The van der Waals surface area contributed by atoms with Crippen LogP contribution in [0.25, 0.3) is 22.2 Å². The fourth-order valence-corrected chi connectivity index (χ4v) is 3.23. The van der Waals surface area contributed by atoms with Crippen LogP contribution in [0, 0.1) is 5.82 Å². The van der Waals surface area contributed by atoms with Crippen molar-refractivity contribution in [2.24, 2.45) is 0 Å². The summed E-state index contributed by atoms with van der Waals surface area (Å²) in [4.78, 5) is 3.17. The van der Waals surface area contributed by atoms with Crippen LogP contribution in [-0.2, 0) is 10.0 Å². The van der Waals surface area contributed by atoms with E-state index in [1.807, 2.05) is 24.3 Å². The van der Waals surface area contributed by atoms with E-state index in [2.05, 4.69) is 4.98 Å². The normalized spacial score (nSPS) is 12.2. The average Bonchev–Trinajstić information content (AvgIpc) is 2.90. The number of rotatable bonds is 3. The maximum atomic E-state index is 14.1. The van der Waals surface area contributed by atoms with Crippen LogP contribution in [-0.4, -0.2) is 31.8 Å². The quantitative estimate of drug-likeness (QED) is 0.806. The molecule has 4 nitrogen and oxygen atoms in total. The van der Waals surface area contributed by atoms with Crippen molar-refractivity contribution in [1.82, 2.24) is 9.29 Å². The van der Waals surface area contributed by atoms with Crippen LogP contribution >= 0.6 is 0 Å². The van der Waals surface area contributed by atoms with Crippen molar-refractivity contribution in [3.05, 3.63) is 54.3 Å². The van der Waals surface area contributed by atoms with Gasteiger partial charge in [0.2, 0.25) is 10.0 Å². The second-order valence-corrected chi connectivity index (χ2v) is 7.35. The third-order valence-electron chi connectivity index (χ3n) is 3.54. The zero-order valence-electron chi connectivity index (χ0n) is 12.2. The Balaban J connectivity index is 2.18. The van der Waals surface area contributed by atoms with E-state index >= 15 is 0 Å². The first-order valence-corrected chi connectivity index (χ1v) is 8.14. The first kappa shape index (κ1) is 14.7. The van der Waals surface area contributed by atoms with Gasteiger partial charge in [0.05, 0.1) is 4.90 Å². The van der Waals surface area contributed by atoms with Crippen molar-refractivity contribution in [1.29, 1.82) is 0 Å². The number of hydrogen-bond donors (Lipinski definition) is 1. The second-order valence-electron chi connectivity index (χ2n) is 5.20. The first-order valence-electron chi connectivity index (χ1n) is 6.70. The SMILES string of the molecule is CN(C)S(=O)(=O)c1ccc(F)c(-c2cc3ccccc3[nH]2)c1. The topological polar surface area (TPSA) is 53.2 Å². The Bertz CT molecular complexity index is 913. The van der Waals surface area contributed by atoms with E-state index in [0.717, 1.165) is 15.2 Å². The number of nitrogens with zero attached hydrogens (tertiary/aromatic N) is 1. The second kappa shape index (κ2) is 5.23. The molecule has 0 aliphatic heterocycles. The number of para-hydroxylation sites is 1. The molecule has 0 radical (unpaired) electrons. The largest absolute Gasteiger partial charge is 0.354 e. The molecule has 3 rings (SSSR count). The fraction of sp³-hybridized carbons (Fsp3) is 0.125. The molecule has 2 aromatic carbocycles. The molecule has 0 aliphatic carbocycles. The van der Waals surface area contributed by atoms with Crippen LogP contribution < -0.4 is 0 Å². The Morgan fingerprint density at radius 2 is 1.77 bits per heavy atom. The lowest BCUT2D eigenvalue weighted by Crippen LogP contribution is -2.22. The number of benzene rings is 2. The Morgan fingerprint density at radius 3 is 2.45 bits per heavy atom. The predicted molar refractivity (Wildman–Crippen MR) is 84.6 cm³/mol. The molecule has 0 saturated heterocycles. The number of aromatic nitrogens is 1. The lowest BCUT2D eigenvalue weighted by molar-refractivity contribution is 0.520. The van der Waals surface area contributed by atoms with Gasteiger partial charge in [-0.25, -0.2) is 17.1 Å². The molecular weight excluding hydrogens is 303 g/mol. The van der Waals surface area contributed by atoms with E-state index in [9.17, 15) is 12.8 Å². The van der Waals surface area contributed by atoms with Gasteiger partial charge in [-0.3, -0.25) is 0 Å². The predicted octanol–water partition coefficient (Wildman–Crippen LogP) is 3.22. The van der Waals surface area contributed by atoms with Gasteiger partial charge >= 0.3 is 0 Å². The van der Waals surface area contributed by atoms with Crippen LogP contribution in [0.1, 0.15) is 0 Å². The molecule has 1 aromatic heterocycles. The highest BCUT2D eigenvalue weighted by Crippen LogP contribution is 2.28. The van der Waals surface area contributed by atoms with E-state index in [-0.39, 0.29) is 10.5 Å². The average molecular weight is 318 g/mol. The van der Waals surface area contributed by atoms with Crippen molar-refractivity contribution < 1.29 is 12.8 Å². The molecule has 1 heterocycles. The molecule has 0 atom stereocenters. The number of aromatic amines is 1. The highest BCUT2D eigenvalue weighted by atomic mass is 32.2. The van der Waals surface area contributed by atoms with Crippen molar-refractivity contribution in [2.75, 3.05) is 14.1 Å². The van der Waals surface area contributed by atoms with Crippen LogP contribution in [0.15, 0.2) is 53.4 Å². The molecule has 0 aliphatic rings. The standard InChI is InChI=1S/C16H15FN2O2S/c1-19(2)22(20,21)12-7-8-14(17)13(10-12)16-9-11-5-3-4-6-15(11)18-16/h3-10,18H,1-2H3. The van der Waals surface area contributed by atoms with Gasteiger partial charge in [0.1, 0.15) is 5.82 Å². The van der Waals surface area contributed by atoms with Gasteiger partial charge < -0.3 is 4.98 Å². The Labute approximate surface area is 128 Å². The maximum absolute atomic E-state index is 14.1. The van der Waals surface area contributed by atoms with Gasteiger partial charge in [0.25, 0.3) is 0 Å². The summed E-state index contributed by atoms with van der Waals surface area (Å²) >= 11 is 0. The third-order valence-corrected chi connectivity index (χ3v) is 5.35. The summed E-state index contributed by atoms with van der Waals surface area (Å²) in [6.07, 6.45) is 0. The summed E-state index contributed by atoms with van der Waals surface area (Å²) in [6, 6.07) is 13.2. The van der Waals surface area contributed by atoms with Gasteiger partial charge in [-0.15, -0.1) is 0 Å². The smallest absolute Gasteiger partial charge is 0.242 e. The highest BCUT2D eigenvalue weighted by molar-refractivity contribution is 7.89. The van der Waals surface area contributed by atoms with Crippen molar-refractivity contribution in [3.8, 4) is 11.3 Å². The van der Waals surface area contributed by atoms with Crippen LogP contribution in [0.5, 0.6) is 0 Å². The van der Waals surface area contributed by atoms with Gasteiger partial charge in [-0.2, -0.15) is 0 Å². The van der Waals surface area contributed by atoms with E-state index in [1.54, 1.807) is 6.07 Å². The molecule has 0 amide bonds. The highest BCUT2D eigenvalue weighted by Gasteiger charge is 2.19. The molecular formula is C16H15FN2O2S. The Hall–Kier alpha value is -2.18. The zero-order valence-corrected chi connectivity index (χ0v) is 13.0. The Kier molecular flexibility index (Phi) is 3.50. The van der Waals surface area contributed by atoms with Gasteiger partial charge in [0.15, 0.2) is 0 Å². The van der Waals surface area contributed by atoms with Crippen LogP contribution in [0.3, 0.4) is 0 Å². The van der Waals surface area contributed by atoms with E-state index in [0.29, 0.717) is 5.69 Å². The Morgan fingerprint density at radius 1 is 1.05 bits per heavy atom. The van der Waals surface area contributed by atoms with E-state index < -0.39 is 15.8 Å². The van der Waals surface area contributed by atoms with Gasteiger partial charge in [-0.05, 0) is 30.3 Å². The maximum Gasteiger partial charge on any atom is 0.242 e. The summed E-state index contributed by atoms with van der Waals surface area (Å²) in [7, 11) is -0.710. The number of nitrogens with one attached hydrogen (secondary N) is 1.